The number of rotatable bonds is 5. The van der Waals surface area contributed by atoms with E-state index in [1.165, 1.54) is 16.7 Å². The van der Waals surface area contributed by atoms with Gasteiger partial charge in [0.05, 0.1) is 19.3 Å². The summed E-state index contributed by atoms with van der Waals surface area (Å²) in [5, 5.41) is 7.58. The first kappa shape index (κ1) is 19.8. The lowest BCUT2D eigenvalue weighted by Crippen LogP contribution is -3.15. The third kappa shape index (κ3) is 5.28. The maximum absolute atomic E-state index is 5.63. The SMILES string of the molecule is Cc1ccc(C)c(NC(=S)N[C@@H](C)[C@@H](c2ccccc2)[NH+]2CCOCC2)c1. The first-order valence-electron chi connectivity index (χ1n) is 9.66. The van der Waals surface area contributed by atoms with Crippen molar-refractivity contribution >= 4 is 23.0 Å². The largest absolute Gasteiger partial charge is 0.370 e. The van der Waals surface area contributed by atoms with Crippen LogP contribution in [0.15, 0.2) is 48.5 Å². The monoisotopic (exact) mass is 384 g/mol. The maximum Gasteiger partial charge on any atom is 0.171 e. The minimum atomic E-state index is 0.200. The normalized spacial score (nSPS) is 17.1. The van der Waals surface area contributed by atoms with E-state index in [-0.39, 0.29) is 6.04 Å². The number of quaternary nitrogens is 1. The summed E-state index contributed by atoms with van der Waals surface area (Å²) in [4.78, 5) is 1.54. The molecule has 1 aliphatic heterocycles. The smallest absolute Gasteiger partial charge is 0.171 e. The molecule has 2 aromatic carbocycles. The number of thiocarbonyl (C=S) groups is 1. The second-order valence-corrected chi connectivity index (χ2v) is 7.77. The van der Waals surface area contributed by atoms with E-state index in [1.807, 2.05) is 0 Å². The Morgan fingerprint density at radius 2 is 1.78 bits per heavy atom. The summed E-state index contributed by atoms with van der Waals surface area (Å²) in [5.74, 6) is 0. The van der Waals surface area contributed by atoms with Crippen LogP contribution in [0.5, 0.6) is 0 Å². The number of aryl methyl sites for hydroxylation is 2. The lowest BCUT2D eigenvalue weighted by molar-refractivity contribution is -0.940. The van der Waals surface area contributed by atoms with Crippen LogP contribution in [0.2, 0.25) is 0 Å². The van der Waals surface area contributed by atoms with Gasteiger partial charge in [0, 0.05) is 11.3 Å². The third-order valence-corrected chi connectivity index (χ3v) is 5.45. The quantitative estimate of drug-likeness (QED) is 0.693. The molecule has 1 fully saturated rings. The molecular formula is C22H30N3OS+. The second kappa shape index (κ2) is 9.31. The van der Waals surface area contributed by atoms with Crippen LogP contribution in [0.1, 0.15) is 29.7 Å². The minimum absolute atomic E-state index is 0.200. The van der Waals surface area contributed by atoms with Gasteiger partial charge in [0.25, 0.3) is 0 Å². The van der Waals surface area contributed by atoms with Crippen molar-refractivity contribution in [2.75, 3.05) is 31.6 Å². The summed E-state index contributed by atoms with van der Waals surface area (Å²) < 4.78 is 5.57. The van der Waals surface area contributed by atoms with Crippen LogP contribution >= 0.6 is 12.2 Å². The Labute approximate surface area is 167 Å². The zero-order chi connectivity index (χ0) is 19.2. The van der Waals surface area contributed by atoms with Gasteiger partial charge in [-0.3, -0.25) is 0 Å². The van der Waals surface area contributed by atoms with Crippen LogP contribution in [-0.4, -0.2) is 37.5 Å². The Balaban J connectivity index is 1.72. The number of hydrogen-bond donors (Lipinski definition) is 3. The van der Waals surface area contributed by atoms with Crippen LogP contribution in [0, 0.1) is 13.8 Å². The molecule has 1 saturated heterocycles. The molecule has 144 valence electrons. The summed E-state index contributed by atoms with van der Waals surface area (Å²) in [7, 11) is 0. The number of morpholine rings is 1. The molecule has 27 heavy (non-hydrogen) atoms. The first-order chi connectivity index (χ1) is 13.0. The van der Waals surface area contributed by atoms with E-state index in [9.17, 15) is 0 Å². The van der Waals surface area contributed by atoms with Crippen molar-refractivity contribution in [3.8, 4) is 0 Å². The lowest BCUT2D eigenvalue weighted by atomic mass is 9.98. The summed E-state index contributed by atoms with van der Waals surface area (Å²) in [6.45, 7) is 10.1. The van der Waals surface area contributed by atoms with Crippen molar-refractivity contribution in [2.24, 2.45) is 0 Å². The molecule has 0 saturated carbocycles. The number of hydrogen-bond acceptors (Lipinski definition) is 2. The number of ether oxygens (including phenoxy) is 1. The summed E-state index contributed by atoms with van der Waals surface area (Å²) in [6.07, 6.45) is 0. The average molecular weight is 385 g/mol. The van der Waals surface area contributed by atoms with Gasteiger partial charge in [0.15, 0.2) is 5.11 Å². The van der Waals surface area contributed by atoms with Gasteiger partial charge in [-0.2, -0.15) is 0 Å². The molecule has 0 aliphatic carbocycles. The molecule has 0 aromatic heterocycles. The van der Waals surface area contributed by atoms with E-state index in [4.69, 9.17) is 17.0 Å². The Bertz CT molecular complexity index is 759. The fourth-order valence-electron chi connectivity index (χ4n) is 3.80. The van der Waals surface area contributed by atoms with Gasteiger partial charge in [0.2, 0.25) is 0 Å². The highest BCUT2D eigenvalue weighted by Crippen LogP contribution is 2.17. The van der Waals surface area contributed by atoms with Crippen molar-refractivity contribution < 1.29 is 9.64 Å². The van der Waals surface area contributed by atoms with E-state index in [1.54, 1.807) is 4.90 Å². The maximum atomic E-state index is 5.63. The van der Waals surface area contributed by atoms with Crippen LogP contribution < -0.4 is 15.5 Å². The summed E-state index contributed by atoms with van der Waals surface area (Å²) in [6, 6.07) is 17.6. The highest BCUT2D eigenvalue weighted by atomic mass is 32.1. The average Bonchev–Trinajstić information content (AvgIpc) is 2.66. The standard InChI is InChI=1S/C22H29N3OS/c1-16-9-10-17(2)20(15-16)24-22(27)23-18(3)21(19-7-5-4-6-8-19)25-11-13-26-14-12-25/h4-10,15,18,21H,11-14H2,1-3H3,(H2,23,24,27)/p+1/t18-,21-/m0/s1. The molecule has 3 N–H and O–H groups in total. The number of anilines is 1. The van der Waals surface area contributed by atoms with Crippen molar-refractivity contribution in [2.45, 2.75) is 32.9 Å². The molecule has 1 heterocycles. The minimum Gasteiger partial charge on any atom is -0.370 e. The Kier molecular flexibility index (Phi) is 6.83. The lowest BCUT2D eigenvalue weighted by Gasteiger charge is -2.36. The predicted molar refractivity (Wildman–Crippen MR) is 115 cm³/mol. The van der Waals surface area contributed by atoms with Gasteiger partial charge >= 0.3 is 0 Å². The highest BCUT2D eigenvalue weighted by Gasteiger charge is 2.31. The zero-order valence-corrected chi connectivity index (χ0v) is 17.2. The molecule has 2 atom stereocenters. The van der Waals surface area contributed by atoms with Gasteiger partial charge in [-0.15, -0.1) is 0 Å². The van der Waals surface area contributed by atoms with E-state index in [0.717, 1.165) is 32.0 Å². The van der Waals surface area contributed by atoms with E-state index < -0.39 is 0 Å². The zero-order valence-electron chi connectivity index (χ0n) is 16.4. The second-order valence-electron chi connectivity index (χ2n) is 7.36. The van der Waals surface area contributed by atoms with E-state index in [0.29, 0.717) is 11.2 Å². The molecule has 1 aliphatic rings. The van der Waals surface area contributed by atoms with E-state index >= 15 is 0 Å². The van der Waals surface area contributed by atoms with Crippen molar-refractivity contribution in [1.29, 1.82) is 0 Å². The van der Waals surface area contributed by atoms with Gasteiger partial charge in [-0.05, 0) is 50.2 Å². The van der Waals surface area contributed by atoms with Gasteiger partial charge in [0.1, 0.15) is 19.1 Å². The molecular weight excluding hydrogens is 354 g/mol. The summed E-state index contributed by atoms with van der Waals surface area (Å²) in [5.41, 5.74) is 4.81. The van der Waals surface area contributed by atoms with Crippen molar-refractivity contribution in [3.63, 3.8) is 0 Å². The molecule has 0 amide bonds. The molecule has 0 bridgehead atoms. The van der Waals surface area contributed by atoms with Gasteiger partial charge in [-0.1, -0.05) is 42.5 Å². The van der Waals surface area contributed by atoms with Gasteiger partial charge in [-0.25, -0.2) is 0 Å². The molecule has 0 unspecified atom stereocenters. The molecule has 2 aromatic rings. The van der Waals surface area contributed by atoms with Crippen molar-refractivity contribution in [3.05, 3.63) is 65.2 Å². The number of benzene rings is 2. The fourth-order valence-corrected chi connectivity index (χ4v) is 4.10. The third-order valence-electron chi connectivity index (χ3n) is 5.23. The van der Waals surface area contributed by atoms with Crippen LogP contribution in [0.3, 0.4) is 0 Å². The molecule has 0 spiro atoms. The summed E-state index contributed by atoms with van der Waals surface area (Å²) >= 11 is 5.63. The van der Waals surface area contributed by atoms with Crippen LogP contribution in [0.25, 0.3) is 0 Å². The Morgan fingerprint density at radius 1 is 1.07 bits per heavy atom. The molecule has 0 radical (unpaired) electrons. The molecule has 3 rings (SSSR count). The van der Waals surface area contributed by atoms with Crippen LogP contribution in [-0.2, 0) is 4.74 Å². The Hall–Kier alpha value is -1.95. The fraction of sp³-hybridized carbons (Fsp3) is 0.409. The predicted octanol–water partition coefficient (Wildman–Crippen LogP) is 2.63. The highest BCUT2D eigenvalue weighted by molar-refractivity contribution is 7.80. The Morgan fingerprint density at radius 3 is 2.48 bits per heavy atom. The number of nitrogens with one attached hydrogen (secondary N) is 3. The molecule has 5 heteroatoms. The van der Waals surface area contributed by atoms with Gasteiger partial charge < -0.3 is 20.3 Å². The first-order valence-corrected chi connectivity index (χ1v) is 10.1. The van der Waals surface area contributed by atoms with E-state index in [2.05, 4.69) is 79.9 Å². The molecule has 4 nitrogen and oxygen atoms in total. The van der Waals surface area contributed by atoms with Crippen LogP contribution in [0.4, 0.5) is 5.69 Å². The topological polar surface area (TPSA) is 37.7 Å². The van der Waals surface area contributed by atoms with Crippen molar-refractivity contribution in [1.82, 2.24) is 5.32 Å².